The van der Waals surface area contributed by atoms with Crippen LogP contribution < -0.4 is 14.8 Å². The van der Waals surface area contributed by atoms with Crippen LogP contribution in [0.4, 0.5) is 0 Å². The number of hydrogen-bond donors (Lipinski definition) is 1. The molecular weight excluding hydrogens is 400 g/mol. The van der Waals surface area contributed by atoms with Gasteiger partial charge >= 0.3 is 0 Å². The van der Waals surface area contributed by atoms with Crippen molar-refractivity contribution < 1.29 is 14.3 Å². The SMILES string of the molecule is O=C(NCc1ccc(-n2cccn2)nc1)c1ccc(-c2ccc3c(c2)OCCO3)s1. The van der Waals surface area contributed by atoms with Gasteiger partial charge in [0.25, 0.3) is 5.91 Å². The van der Waals surface area contributed by atoms with Crippen LogP contribution in [0.1, 0.15) is 15.2 Å². The lowest BCUT2D eigenvalue weighted by atomic mass is 10.1. The molecule has 0 bridgehead atoms. The van der Waals surface area contributed by atoms with Crippen molar-refractivity contribution in [3.8, 4) is 27.8 Å². The van der Waals surface area contributed by atoms with Crippen molar-refractivity contribution in [3.05, 3.63) is 77.6 Å². The van der Waals surface area contributed by atoms with E-state index in [1.165, 1.54) is 11.3 Å². The summed E-state index contributed by atoms with van der Waals surface area (Å²) in [5.74, 6) is 2.12. The Morgan fingerprint density at radius 1 is 1.10 bits per heavy atom. The van der Waals surface area contributed by atoms with Crippen molar-refractivity contribution in [2.24, 2.45) is 0 Å². The van der Waals surface area contributed by atoms with E-state index in [0.717, 1.165) is 33.3 Å². The number of fused-ring (bicyclic) bond motifs is 1. The van der Waals surface area contributed by atoms with Crippen molar-refractivity contribution in [1.29, 1.82) is 0 Å². The van der Waals surface area contributed by atoms with Gasteiger partial charge in [-0.15, -0.1) is 11.3 Å². The number of nitrogens with zero attached hydrogens (tertiary/aromatic N) is 3. The van der Waals surface area contributed by atoms with E-state index in [4.69, 9.17) is 9.47 Å². The normalized spacial score (nSPS) is 12.5. The topological polar surface area (TPSA) is 78.3 Å². The number of pyridine rings is 1. The molecule has 8 heteroatoms. The Hall–Kier alpha value is -3.65. The molecule has 0 spiro atoms. The van der Waals surface area contributed by atoms with Crippen LogP contribution >= 0.6 is 11.3 Å². The monoisotopic (exact) mass is 418 g/mol. The minimum atomic E-state index is -0.111. The van der Waals surface area contributed by atoms with Gasteiger partial charge < -0.3 is 14.8 Å². The molecule has 30 heavy (non-hydrogen) atoms. The van der Waals surface area contributed by atoms with E-state index in [0.29, 0.717) is 24.6 Å². The zero-order chi connectivity index (χ0) is 20.3. The summed E-state index contributed by atoms with van der Waals surface area (Å²) >= 11 is 1.44. The number of amides is 1. The summed E-state index contributed by atoms with van der Waals surface area (Å²) in [6, 6.07) is 15.3. The molecule has 5 rings (SSSR count). The first-order chi connectivity index (χ1) is 14.8. The van der Waals surface area contributed by atoms with Gasteiger partial charge in [-0.05, 0) is 53.6 Å². The third-order valence-corrected chi connectivity index (χ3v) is 5.79. The fourth-order valence-corrected chi connectivity index (χ4v) is 4.06. The molecule has 0 radical (unpaired) electrons. The molecule has 0 unspecified atom stereocenters. The molecule has 1 aromatic carbocycles. The average molecular weight is 418 g/mol. The summed E-state index contributed by atoms with van der Waals surface area (Å²) in [5.41, 5.74) is 1.92. The minimum Gasteiger partial charge on any atom is -0.486 e. The Balaban J connectivity index is 1.24. The highest BCUT2D eigenvalue weighted by Crippen LogP contribution is 2.36. The molecule has 0 saturated heterocycles. The Kier molecular flexibility index (Phi) is 4.90. The fraction of sp³-hybridized carbons (Fsp3) is 0.136. The number of aromatic nitrogens is 3. The number of rotatable bonds is 5. The van der Waals surface area contributed by atoms with E-state index < -0.39 is 0 Å². The largest absolute Gasteiger partial charge is 0.486 e. The van der Waals surface area contributed by atoms with Gasteiger partial charge in [-0.1, -0.05) is 6.07 Å². The Morgan fingerprint density at radius 2 is 2.00 bits per heavy atom. The predicted molar refractivity (Wildman–Crippen MR) is 113 cm³/mol. The number of nitrogens with one attached hydrogen (secondary N) is 1. The average Bonchev–Trinajstić information content (AvgIpc) is 3.50. The maximum absolute atomic E-state index is 12.6. The highest BCUT2D eigenvalue weighted by Gasteiger charge is 2.15. The van der Waals surface area contributed by atoms with E-state index in [-0.39, 0.29) is 5.91 Å². The number of carbonyl (C=O) groups is 1. The van der Waals surface area contributed by atoms with E-state index in [1.54, 1.807) is 17.1 Å². The number of hydrogen-bond acceptors (Lipinski definition) is 6. The maximum Gasteiger partial charge on any atom is 0.261 e. The summed E-state index contributed by atoms with van der Waals surface area (Å²) in [7, 11) is 0. The Morgan fingerprint density at radius 3 is 2.80 bits per heavy atom. The third-order valence-electron chi connectivity index (χ3n) is 4.66. The molecule has 0 saturated carbocycles. The molecule has 3 aromatic heterocycles. The zero-order valence-corrected chi connectivity index (χ0v) is 16.8. The first kappa shape index (κ1) is 18.4. The van der Waals surface area contributed by atoms with Gasteiger partial charge in [-0.3, -0.25) is 4.79 Å². The highest BCUT2D eigenvalue weighted by atomic mass is 32.1. The van der Waals surface area contributed by atoms with Crippen LogP contribution in [0.5, 0.6) is 11.5 Å². The molecule has 0 fully saturated rings. The second kappa shape index (κ2) is 8.00. The van der Waals surface area contributed by atoms with E-state index in [1.807, 2.05) is 54.7 Å². The van der Waals surface area contributed by atoms with Crippen LogP contribution in [-0.2, 0) is 6.54 Å². The molecule has 1 N–H and O–H groups in total. The molecule has 1 amide bonds. The first-order valence-electron chi connectivity index (χ1n) is 9.49. The van der Waals surface area contributed by atoms with Crippen molar-refractivity contribution in [2.45, 2.75) is 6.54 Å². The van der Waals surface area contributed by atoms with Crippen LogP contribution in [0.2, 0.25) is 0 Å². The summed E-state index contributed by atoms with van der Waals surface area (Å²) < 4.78 is 12.9. The van der Waals surface area contributed by atoms with Gasteiger partial charge in [0.05, 0.1) is 4.88 Å². The lowest BCUT2D eigenvalue weighted by Crippen LogP contribution is -2.21. The maximum atomic E-state index is 12.6. The molecular formula is C22H18N4O3S. The van der Waals surface area contributed by atoms with Crippen LogP contribution in [0.3, 0.4) is 0 Å². The number of carbonyl (C=O) groups excluding carboxylic acids is 1. The quantitative estimate of drug-likeness (QED) is 0.535. The number of ether oxygens (including phenoxy) is 2. The molecule has 0 atom stereocenters. The van der Waals surface area contributed by atoms with Crippen molar-refractivity contribution in [1.82, 2.24) is 20.1 Å². The summed E-state index contributed by atoms with van der Waals surface area (Å²) in [6.45, 7) is 1.52. The highest BCUT2D eigenvalue weighted by molar-refractivity contribution is 7.17. The van der Waals surface area contributed by atoms with Gasteiger partial charge in [0.15, 0.2) is 17.3 Å². The Labute approximate surface area is 176 Å². The number of thiophene rings is 1. The van der Waals surface area contributed by atoms with Gasteiger partial charge in [-0.25, -0.2) is 9.67 Å². The molecule has 0 aliphatic carbocycles. The standard InChI is InChI=1S/C22H18N4O3S/c27-22(24-14-15-2-7-21(23-13-15)26-9-1-8-25-26)20-6-5-19(30-20)16-3-4-17-18(12-16)29-11-10-28-17/h1-9,12-13H,10-11,14H2,(H,24,27). The second-order valence-corrected chi connectivity index (χ2v) is 7.76. The summed E-state index contributed by atoms with van der Waals surface area (Å²) in [6.07, 6.45) is 5.28. The molecule has 7 nitrogen and oxygen atoms in total. The van der Waals surface area contributed by atoms with E-state index >= 15 is 0 Å². The lowest BCUT2D eigenvalue weighted by molar-refractivity contribution is 0.0955. The predicted octanol–water partition coefficient (Wildman–Crippen LogP) is 3.70. The van der Waals surface area contributed by atoms with Crippen LogP contribution in [0.25, 0.3) is 16.3 Å². The van der Waals surface area contributed by atoms with E-state index in [2.05, 4.69) is 15.4 Å². The van der Waals surface area contributed by atoms with Crippen molar-refractivity contribution in [2.75, 3.05) is 13.2 Å². The molecule has 1 aliphatic heterocycles. The zero-order valence-electron chi connectivity index (χ0n) is 15.9. The second-order valence-electron chi connectivity index (χ2n) is 6.68. The van der Waals surface area contributed by atoms with Gasteiger partial charge in [0.2, 0.25) is 0 Å². The van der Waals surface area contributed by atoms with Crippen LogP contribution in [0, 0.1) is 0 Å². The van der Waals surface area contributed by atoms with E-state index in [9.17, 15) is 4.79 Å². The van der Waals surface area contributed by atoms with Gasteiger partial charge in [0, 0.05) is 30.0 Å². The molecule has 4 heterocycles. The van der Waals surface area contributed by atoms with Crippen LogP contribution in [-0.4, -0.2) is 33.9 Å². The third kappa shape index (κ3) is 3.77. The Bertz CT molecular complexity index is 1170. The molecule has 1 aliphatic rings. The van der Waals surface area contributed by atoms with Crippen LogP contribution in [0.15, 0.2) is 67.1 Å². The number of benzene rings is 1. The van der Waals surface area contributed by atoms with Crippen molar-refractivity contribution in [3.63, 3.8) is 0 Å². The minimum absolute atomic E-state index is 0.111. The summed E-state index contributed by atoms with van der Waals surface area (Å²) in [5, 5.41) is 7.10. The fourth-order valence-electron chi connectivity index (χ4n) is 3.14. The van der Waals surface area contributed by atoms with Gasteiger partial charge in [0.1, 0.15) is 13.2 Å². The van der Waals surface area contributed by atoms with Gasteiger partial charge in [-0.2, -0.15) is 5.10 Å². The molecule has 4 aromatic rings. The molecule has 150 valence electrons. The lowest BCUT2D eigenvalue weighted by Gasteiger charge is -2.18. The van der Waals surface area contributed by atoms with Crippen molar-refractivity contribution >= 4 is 17.2 Å². The first-order valence-corrected chi connectivity index (χ1v) is 10.3. The summed E-state index contributed by atoms with van der Waals surface area (Å²) in [4.78, 5) is 18.6. The smallest absolute Gasteiger partial charge is 0.261 e.